The monoisotopic (exact) mass is 536 g/mol. The minimum atomic E-state index is -3.99. The Labute approximate surface area is 239 Å². The van der Waals surface area contributed by atoms with Crippen molar-refractivity contribution >= 4 is 40.9 Å². The molecule has 0 amide bonds. The predicted octanol–water partition coefficient (Wildman–Crippen LogP) is -0.227. The molecule has 0 aromatic carbocycles. The summed E-state index contributed by atoms with van der Waals surface area (Å²) >= 11 is 0. The first kappa shape index (κ1) is 13.8. The molecule has 3 heterocycles. The van der Waals surface area contributed by atoms with Crippen molar-refractivity contribution in [2.75, 3.05) is 91.9 Å². The molecule has 2 aromatic heterocycles. The maximum atomic E-state index is 10.9. The molecule has 13 heteroatoms. The van der Waals surface area contributed by atoms with Gasteiger partial charge >= 0.3 is 0 Å². The molecule has 2 aromatic rings. The molecule has 1 saturated heterocycles. The van der Waals surface area contributed by atoms with Crippen molar-refractivity contribution in [3.63, 3.8) is 0 Å². The lowest BCUT2D eigenvalue weighted by Gasteiger charge is -2.30. The number of nitrogens with zero attached hydrogens (tertiary/aromatic N) is 7. The molecule has 3 rings (SSSR count). The molecular formula is C24H40N8O5. The summed E-state index contributed by atoms with van der Waals surface area (Å²) in [5.41, 5.74) is -1.06. The SMILES string of the molecule is [2H]C([2H])(O)C([2H])([2H])N(c1nc(N2CCCCC2)c2nc(N(C([2H])([2H])C([2H])([2H])O)C([2H])([2H])C([2H])([2H])O)nc(NCCCCC=O)c2n1)C([2H])([2H])C([2H])([2H])O. The van der Waals surface area contributed by atoms with Gasteiger partial charge in [-0.2, -0.15) is 9.97 Å². The second kappa shape index (κ2) is 15.4. The van der Waals surface area contributed by atoms with Gasteiger partial charge in [0.25, 0.3) is 0 Å². The van der Waals surface area contributed by atoms with Crippen LogP contribution in [0.25, 0.3) is 11.0 Å². The number of carbonyl (C=O) groups is 1. The number of aromatic nitrogens is 4. The van der Waals surface area contributed by atoms with Gasteiger partial charge in [-0.3, -0.25) is 0 Å². The molecule has 0 saturated carbocycles. The molecule has 13 nitrogen and oxygen atoms in total. The fourth-order valence-corrected chi connectivity index (χ4v) is 3.64. The Morgan fingerprint density at radius 2 is 1.38 bits per heavy atom. The minimum Gasteiger partial charge on any atom is -0.395 e. The number of carbonyl (C=O) groups excluding carboxylic acids is 1. The summed E-state index contributed by atoms with van der Waals surface area (Å²) in [5, 5.41) is 43.5. The van der Waals surface area contributed by atoms with E-state index in [2.05, 4.69) is 25.3 Å². The van der Waals surface area contributed by atoms with Gasteiger partial charge < -0.3 is 45.2 Å². The fourth-order valence-electron chi connectivity index (χ4n) is 3.64. The van der Waals surface area contributed by atoms with Gasteiger partial charge in [0, 0.05) is 52.0 Å². The average Bonchev–Trinajstić information content (AvgIpc) is 2.98. The number of aliphatic hydroxyl groups is 4. The van der Waals surface area contributed by atoms with Gasteiger partial charge in [-0.25, -0.2) is 9.97 Å². The molecule has 206 valence electrons. The highest BCUT2D eigenvalue weighted by Gasteiger charge is 2.24. The Balaban J connectivity index is 2.61. The van der Waals surface area contributed by atoms with Crippen molar-refractivity contribution in [3.8, 4) is 0 Å². The number of anilines is 4. The smallest absolute Gasteiger partial charge is 0.228 e. The summed E-state index contributed by atoms with van der Waals surface area (Å²) in [4.78, 5) is 28.0. The Bertz CT molecular complexity index is 1560. The van der Waals surface area contributed by atoms with Crippen LogP contribution in [0.3, 0.4) is 0 Å². The van der Waals surface area contributed by atoms with E-state index in [9.17, 15) is 25.2 Å². The largest absolute Gasteiger partial charge is 0.395 e. The third-order valence-electron chi connectivity index (χ3n) is 5.25. The lowest BCUT2D eigenvalue weighted by atomic mass is 10.1. The predicted molar refractivity (Wildman–Crippen MR) is 142 cm³/mol. The van der Waals surface area contributed by atoms with Crippen LogP contribution in [0, 0.1) is 0 Å². The molecule has 37 heavy (non-hydrogen) atoms. The molecule has 0 aliphatic carbocycles. The third-order valence-corrected chi connectivity index (χ3v) is 5.25. The number of hydrogen-bond donors (Lipinski definition) is 5. The van der Waals surface area contributed by atoms with E-state index >= 15 is 0 Å². The van der Waals surface area contributed by atoms with Crippen LogP contribution in [-0.2, 0) is 4.79 Å². The van der Waals surface area contributed by atoms with Crippen molar-refractivity contribution in [2.45, 2.75) is 38.5 Å². The quantitative estimate of drug-likeness (QED) is 0.133. The van der Waals surface area contributed by atoms with Crippen LogP contribution in [0.2, 0.25) is 0 Å². The van der Waals surface area contributed by atoms with Gasteiger partial charge in [-0.05, 0) is 32.1 Å². The van der Waals surface area contributed by atoms with Crippen molar-refractivity contribution < 1.29 is 47.2 Å². The van der Waals surface area contributed by atoms with Crippen LogP contribution >= 0.6 is 0 Å². The Kier molecular flexibility index (Phi) is 5.74. The summed E-state index contributed by atoms with van der Waals surface area (Å²) in [6.45, 7) is -31.6. The van der Waals surface area contributed by atoms with Crippen molar-refractivity contribution in [3.05, 3.63) is 0 Å². The molecular weight excluding hydrogens is 480 g/mol. The highest BCUT2D eigenvalue weighted by Crippen LogP contribution is 2.32. The third kappa shape index (κ3) is 7.81. The van der Waals surface area contributed by atoms with Crippen molar-refractivity contribution in [2.24, 2.45) is 0 Å². The van der Waals surface area contributed by atoms with Crippen LogP contribution in [0.1, 0.15) is 60.5 Å². The van der Waals surface area contributed by atoms with E-state index in [0.29, 0.717) is 32.0 Å². The van der Waals surface area contributed by atoms with E-state index in [1.165, 1.54) is 4.90 Å². The highest BCUT2D eigenvalue weighted by atomic mass is 16.3. The van der Waals surface area contributed by atoms with E-state index in [1.807, 2.05) is 0 Å². The molecule has 5 N–H and O–H groups in total. The normalized spacial score (nSPS) is 23.2. The summed E-state index contributed by atoms with van der Waals surface area (Å²) in [5.74, 6) is -3.39. The number of nitrogens with one attached hydrogen (secondary N) is 1. The molecule has 1 aliphatic rings. The summed E-state index contributed by atoms with van der Waals surface area (Å²) in [7, 11) is 0. The molecule has 1 fully saturated rings. The second-order valence-corrected chi connectivity index (χ2v) is 7.62. The molecule has 0 atom stereocenters. The Hall–Kier alpha value is -2.87. The van der Waals surface area contributed by atoms with Crippen LogP contribution in [0.5, 0.6) is 0 Å². The number of hydrogen-bond acceptors (Lipinski definition) is 13. The maximum absolute atomic E-state index is 10.9. The van der Waals surface area contributed by atoms with E-state index in [-0.39, 0.29) is 37.4 Å². The van der Waals surface area contributed by atoms with Crippen LogP contribution < -0.4 is 20.0 Å². The van der Waals surface area contributed by atoms with Crippen LogP contribution in [0.4, 0.5) is 23.5 Å². The first-order valence-corrected chi connectivity index (χ1v) is 11.4. The Morgan fingerprint density at radius 1 is 0.811 bits per heavy atom. The molecule has 1 aliphatic heterocycles. The van der Waals surface area contributed by atoms with Gasteiger partial charge in [-0.1, -0.05) is 0 Å². The summed E-state index contributed by atoms with van der Waals surface area (Å²) in [6, 6.07) is 0. The minimum absolute atomic E-state index is 0.108. The first-order valence-electron chi connectivity index (χ1n) is 19.4. The van der Waals surface area contributed by atoms with Gasteiger partial charge in [-0.15, -0.1) is 0 Å². The maximum Gasteiger partial charge on any atom is 0.228 e. The number of aldehydes is 1. The van der Waals surface area contributed by atoms with E-state index < -0.39 is 91.7 Å². The number of rotatable bonds is 17. The van der Waals surface area contributed by atoms with Crippen molar-refractivity contribution in [1.29, 1.82) is 0 Å². The summed E-state index contributed by atoms with van der Waals surface area (Å²) in [6.07, 6.45) is 2.91. The van der Waals surface area contributed by atoms with Crippen LogP contribution in [0.15, 0.2) is 0 Å². The molecule has 0 bridgehead atoms. The average molecular weight is 537 g/mol. The Morgan fingerprint density at radius 3 is 1.95 bits per heavy atom. The molecule has 0 spiro atoms. The number of unbranched alkanes of at least 4 members (excludes halogenated alkanes) is 2. The first-order chi connectivity index (χ1) is 23.9. The molecule has 0 unspecified atom stereocenters. The zero-order valence-electron chi connectivity index (χ0n) is 35.8. The lowest BCUT2D eigenvalue weighted by molar-refractivity contribution is -0.107. The number of fused-ring (bicyclic) bond motifs is 1. The van der Waals surface area contributed by atoms with Gasteiger partial charge in [0.2, 0.25) is 11.9 Å². The topological polar surface area (TPSA) is 171 Å². The van der Waals surface area contributed by atoms with Crippen LogP contribution in [-0.4, -0.2) is 119 Å². The lowest BCUT2D eigenvalue weighted by Crippen LogP contribution is -2.35. The fraction of sp³-hybridized carbons (Fsp3) is 0.708. The summed E-state index contributed by atoms with van der Waals surface area (Å²) < 4.78 is 129. The standard InChI is InChI=1S/C24H40N8O5/c33-14-6-1-3-7-25-21-19-20(27-23(28-21)31(10-15-34)11-16-35)22(30-8-4-2-5-9-30)29-24(26-19)32(12-17-36)13-18-37/h14,34-37H,1-13,15-18H2,(H,25,27,28)/i10D2,11D2,12D2,13D2,15D2,16D2,17D2,18D2. The highest BCUT2D eigenvalue weighted by molar-refractivity contribution is 5.94. The van der Waals surface area contributed by atoms with E-state index in [0.717, 1.165) is 0 Å². The number of piperidine rings is 1. The second-order valence-electron chi connectivity index (χ2n) is 7.62. The van der Waals surface area contributed by atoms with Gasteiger partial charge in [0.1, 0.15) is 17.3 Å². The molecule has 0 radical (unpaired) electrons. The van der Waals surface area contributed by atoms with Gasteiger partial charge in [0.05, 0.1) is 48.2 Å². The van der Waals surface area contributed by atoms with E-state index in [4.69, 9.17) is 21.9 Å². The van der Waals surface area contributed by atoms with Crippen molar-refractivity contribution in [1.82, 2.24) is 19.9 Å². The zero-order valence-corrected chi connectivity index (χ0v) is 19.8. The van der Waals surface area contributed by atoms with Gasteiger partial charge in [0.15, 0.2) is 11.6 Å². The zero-order chi connectivity index (χ0) is 40.8. The van der Waals surface area contributed by atoms with E-state index in [1.54, 1.807) is 0 Å².